The Kier molecular flexibility index (Phi) is 5.42. The number of halogens is 1. The topological polar surface area (TPSA) is 56.6 Å². The van der Waals surface area contributed by atoms with Crippen molar-refractivity contribution in [1.29, 1.82) is 0 Å². The van der Waals surface area contributed by atoms with Crippen LogP contribution in [0.25, 0.3) is 16.6 Å². The molecule has 4 nitrogen and oxygen atoms in total. The fraction of sp³-hybridized carbons (Fsp3) is 0.286. The van der Waals surface area contributed by atoms with Crippen molar-refractivity contribution in [3.63, 3.8) is 0 Å². The number of nitrogens with one attached hydrogen (secondary N) is 1. The van der Waals surface area contributed by atoms with Crippen LogP contribution in [0.2, 0.25) is 0 Å². The smallest absolute Gasteiger partial charge is 0.263 e. The molecule has 2 atom stereocenters. The number of nitrogens with zero attached hydrogens (tertiary/aromatic N) is 1. The molecule has 0 aliphatic rings. The molecule has 0 fully saturated rings. The molecule has 2 heterocycles. The van der Waals surface area contributed by atoms with Gasteiger partial charge in [0, 0.05) is 23.1 Å². The molecule has 2 unspecified atom stereocenters. The summed E-state index contributed by atoms with van der Waals surface area (Å²) >= 11 is -1.30. The van der Waals surface area contributed by atoms with Gasteiger partial charge in [-0.2, -0.15) is 0 Å². The maximum atomic E-state index is 13.7. The van der Waals surface area contributed by atoms with Crippen LogP contribution < -0.4 is 10.3 Å². The Morgan fingerprint density at radius 2 is 1.81 bits per heavy atom. The van der Waals surface area contributed by atoms with Crippen molar-refractivity contribution in [3.05, 3.63) is 76.5 Å². The Labute approximate surface area is 161 Å². The summed E-state index contributed by atoms with van der Waals surface area (Å²) in [5.41, 5.74) is 2.24. The first kappa shape index (κ1) is 19.6. The first-order valence-corrected chi connectivity index (χ1v) is 9.92. The number of hydrogen-bond acceptors (Lipinski definition) is 3. The zero-order chi connectivity index (χ0) is 19.8. The summed E-state index contributed by atoms with van der Waals surface area (Å²) in [7, 11) is 0. The van der Waals surface area contributed by atoms with Crippen LogP contribution in [0.15, 0.2) is 59.5 Å². The number of benzene rings is 1. The molecule has 0 spiro atoms. The van der Waals surface area contributed by atoms with Crippen molar-refractivity contribution in [2.75, 3.05) is 0 Å². The summed E-state index contributed by atoms with van der Waals surface area (Å²) < 4.78 is 30.2. The van der Waals surface area contributed by atoms with Crippen LogP contribution in [-0.4, -0.2) is 13.7 Å². The molecular weight excluding hydrogens is 363 g/mol. The van der Waals surface area contributed by atoms with Gasteiger partial charge in [0.15, 0.2) is 0 Å². The van der Waals surface area contributed by atoms with Crippen molar-refractivity contribution in [1.82, 2.24) is 9.12 Å². The van der Waals surface area contributed by atoms with Crippen molar-refractivity contribution >= 4 is 16.9 Å². The average molecular weight is 386 g/mol. The molecule has 0 radical (unpaired) electrons. The highest BCUT2D eigenvalue weighted by Gasteiger charge is 2.29. The SMILES string of the molecule is CC(N[S+]([O-])C(C)(C)C)c1cc2ccc(F)cn2c(=O)c1-c1ccccc1. The van der Waals surface area contributed by atoms with Crippen LogP contribution in [0, 0.1) is 5.82 Å². The van der Waals surface area contributed by atoms with Crippen LogP contribution in [0.5, 0.6) is 0 Å². The molecule has 0 aliphatic heterocycles. The third-order valence-electron chi connectivity index (χ3n) is 4.34. The van der Waals surface area contributed by atoms with Crippen molar-refractivity contribution in [2.45, 2.75) is 38.5 Å². The van der Waals surface area contributed by atoms with Gasteiger partial charge in [0.05, 0.1) is 11.6 Å². The van der Waals surface area contributed by atoms with Gasteiger partial charge in [-0.15, -0.1) is 4.72 Å². The zero-order valence-electron chi connectivity index (χ0n) is 15.8. The Morgan fingerprint density at radius 3 is 2.44 bits per heavy atom. The molecule has 3 rings (SSSR count). The van der Waals surface area contributed by atoms with Gasteiger partial charge >= 0.3 is 0 Å². The second kappa shape index (κ2) is 7.46. The lowest BCUT2D eigenvalue weighted by atomic mass is 9.97. The molecule has 0 saturated carbocycles. The first-order chi connectivity index (χ1) is 12.7. The van der Waals surface area contributed by atoms with E-state index >= 15 is 0 Å². The minimum Gasteiger partial charge on any atom is -0.598 e. The average Bonchev–Trinajstić information content (AvgIpc) is 2.62. The third-order valence-corrected chi connectivity index (χ3v) is 6.02. The molecule has 0 amide bonds. The summed E-state index contributed by atoms with van der Waals surface area (Å²) in [6.07, 6.45) is 1.19. The van der Waals surface area contributed by atoms with E-state index in [-0.39, 0.29) is 11.6 Å². The Hall–Kier alpha value is -2.15. The second-order valence-electron chi connectivity index (χ2n) is 7.51. The first-order valence-electron chi connectivity index (χ1n) is 8.77. The lowest BCUT2D eigenvalue weighted by molar-refractivity contribution is 0.531. The molecule has 0 bridgehead atoms. The number of pyridine rings is 2. The summed E-state index contributed by atoms with van der Waals surface area (Å²) in [6, 6.07) is 13.7. The van der Waals surface area contributed by atoms with Gasteiger partial charge in [0.25, 0.3) is 5.56 Å². The normalized spacial score (nSPS) is 14.3. The van der Waals surface area contributed by atoms with Gasteiger partial charge in [-0.3, -0.25) is 9.20 Å². The van der Waals surface area contributed by atoms with E-state index in [0.717, 1.165) is 11.1 Å². The standard InChI is InChI=1S/C21H23FN2O2S/c1-14(23-27(26)21(2,3)4)18-12-17-11-10-16(22)13-24(17)20(25)19(18)15-8-6-5-7-9-15/h5-14,23H,1-4H3. The lowest BCUT2D eigenvalue weighted by Gasteiger charge is -2.27. The quantitative estimate of drug-likeness (QED) is 0.683. The van der Waals surface area contributed by atoms with E-state index < -0.39 is 21.9 Å². The maximum absolute atomic E-state index is 13.7. The molecule has 0 saturated heterocycles. The summed E-state index contributed by atoms with van der Waals surface area (Å²) in [5, 5.41) is 0. The maximum Gasteiger partial charge on any atom is 0.263 e. The molecule has 2 aromatic heterocycles. The fourth-order valence-electron chi connectivity index (χ4n) is 2.89. The lowest BCUT2D eigenvalue weighted by Crippen LogP contribution is -2.41. The van der Waals surface area contributed by atoms with E-state index in [1.807, 2.05) is 64.1 Å². The molecule has 0 aliphatic carbocycles. The van der Waals surface area contributed by atoms with E-state index in [2.05, 4.69) is 4.72 Å². The van der Waals surface area contributed by atoms with E-state index in [9.17, 15) is 13.7 Å². The van der Waals surface area contributed by atoms with Crippen LogP contribution in [0.1, 0.15) is 39.3 Å². The summed E-state index contributed by atoms with van der Waals surface area (Å²) in [5.74, 6) is -0.476. The minimum absolute atomic E-state index is 0.302. The predicted octanol–water partition coefficient (Wildman–Crippen LogP) is 4.22. The number of hydrogen-bond donors (Lipinski definition) is 1. The number of fused-ring (bicyclic) bond motifs is 1. The Bertz CT molecular complexity index is 1010. The van der Waals surface area contributed by atoms with Gasteiger partial charge < -0.3 is 4.55 Å². The Balaban J connectivity index is 2.21. The molecule has 27 heavy (non-hydrogen) atoms. The Morgan fingerprint density at radius 1 is 1.15 bits per heavy atom. The van der Waals surface area contributed by atoms with Gasteiger partial charge in [-0.25, -0.2) is 4.39 Å². The largest absolute Gasteiger partial charge is 0.598 e. The van der Waals surface area contributed by atoms with Crippen LogP contribution in [0.3, 0.4) is 0 Å². The summed E-state index contributed by atoms with van der Waals surface area (Å²) in [4.78, 5) is 13.2. The highest BCUT2D eigenvalue weighted by atomic mass is 32.2. The van der Waals surface area contributed by atoms with E-state index in [4.69, 9.17) is 0 Å². The fourth-order valence-corrected chi connectivity index (χ4v) is 3.69. The van der Waals surface area contributed by atoms with Crippen molar-refractivity contribution < 1.29 is 8.94 Å². The monoisotopic (exact) mass is 386 g/mol. The highest BCUT2D eigenvalue weighted by molar-refractivity contribution is 7.90. The van der Waals surface area contributed by atoms with Crippen molar-refractivity contribution in [2.24, 2.45) is 0 Å². The number of aromatic nitrogens is 1. The second-order valence-corrected chi connectivity index (χ2v) is 9.51. The third kappa shape index (κ3) is 4.08. The van der Waals surface area contributed by atoms with Crippen LogP contribution in [0.4, 0.5) is 4.39 Å². The number of rotatable bonds is 4. The molecule has 1 aromatic carbocycles. The molecular formula is C21H23FN2O2S. The van der Waals surface area contributed by atoms with E-state index in [0.29, 0.717) is 11.1 Å². The van der Waals surface area contributed by atoms with Crippen LogP contribution in [-0.2, 0) is 11.4 Å². The van der Waals surface area contributed by atoms with Gasteiger partial charge in [-0.05, 0) is 57.0 Å². The zero-order valence-corrected chi connectivity index (χ0v) is 16.6. The molecule has 1 N–H and O–H groups in total. The van der Waals surface area contributed by atoms with Gasteiger partial charge in [0.2, 0.25) is 0 Å². The highest BCUT2D eigenvalue weighted by Crippen LogP contribution is 2.28. The molecule has 142 valence electrons. The van der Waals surface area contributed by atoms with Crippen LogP contribution >= 0.6 is 0 Å². The van der Waals surface area contributed by atoms with E-state index in [1.54, 1.807) is 6.07 Å². The molecule has 3 aromatic rings. The van der Waals surface area contributed by atoms with Crippen molar-refractivity contribution in [3.8, 4) is 11.1 Å². The summed E-state index contributed by atoms with van der Waals surface area (Å²) in [6.45, 7) is 7.54. The van der Waals surface area contributed by atoms with E-state index in [1.165, 1.54) is 16.7 Å². The molecule has 6 heteroatoms. The van der Waals surface area contributed by atoms with Gasteiger partial charge in [0.1, 0.15) is 10.6 Å². The predicted molar refractivity (Wildman–Crippen MR) is 109 cm³/mol. The van der Waals surface area contributed by atoms with Gasteiger partial charge in [-0.1, -0.05) is 30.3 Å². The minimum atomic E-state index is -1.30.